The lowest BCUT2D eigenvalue weighted by atomic mass is 10.4. The van der Waals surface area contributed by atoms with Gasteiger partial charge in [-0.1, -0.05) is 0 Å². The zero-order valence-corrected chi connectivity index (χ0v) is 7.91. The van der Waals surface area contributed by atoms with Gasteiger partial charge < -0.3 is 0 Å². The molecule has 1 aromatic rings. The maximum absolute atomic E-state index is 10.7. The lowest BCUT2D eigenvalue weighted by molar-refractivity contribution is -0.121. The predicted octanol–water partition coefficient (Wildman–Crippen LogP) is 0.0256. The lowest BCUT2D eigenvalue weighted by Gasteiger charge is -1.99. The molecule has 6 heteroatoms. The van der Waals surface area contributed by atoms with Gasteiger partial charge in [-0.2, -0.15) is 5.10 Å². The van der Waals surface area contributed by atoms with E-state index in [0.717, 1.165) is 4.47 Å². The Bertz CT molecular complexity index is 272. The SMILES string of the molecule is NNC(=O)CCn1cc(Br)cn1. The van der Waals surface area contributed by atoms with Crippen molar-refractivity contribution in [3.05, 3.63) is 16.9 Å². The van der Waals surface area contributed by atoms with Crippen molar-refractivity contribution in [1.82, 2.24) is 15.2 Å². The van der Waals surface area contributed by atoms with Gasteiger partial charge in [0.2, 0.25) is 5.91 Å². The molecule has 3 N–H and O–H groups in total. The molecule has 5 nitrogen and oxygen atoms in total. The number of nitrogens with one attached hydrogen (secondary N) is 1. The normalized spacial score (nSPS) is 9.83. The van der Waals surface area contributed by atoms with Crippen molar-refractivity contribution in [3.8, 4) is 0 Å². The van der Waals surface area contributed by atoms with E-state index >= 15 is 0 Å². The van der Waals surface area contributed by atoms with Gasteiger partial charge in [0.1, 0.15) is 0 Å². The second kappa shape index (κ2) is 4.22. The number of nitrogens with two attached hydrogens (primary N) is 1. The first-order chi connectivity index (χ1) is 5.72. The van der Waals surface area contributed by atoms with Gasteiger partial charge in [0.25, 0.3) is 0 Å². The third kappa shape index (κ3) is 2.63. The van der Waals surface area contributed by atoms with Crippen molar-refractivity contribution in [3.63, 3.8) is 0 Å². The Hall–Kier alpha value is -0.880. The van der Waals surface area contributed by atoms with Crippen LogP contribution in [0.3, 0.4) is 0 Å². The smallest absolute Gasteiger partial charge is 0.235 e. The highest BCUT2D eigenvalue weighted by molar-refractivity contribution is 9.10. The largest absolute Gasteiger partial charge is 0.294 e. The van der Waals surface area contributed by atoms with Crippen LogP contribution in [0.4, 0.5) is 0 Å². The Kier molecular flexibility index (Phi) is 3.24. The summed E-state index contributed by atoms with van der Waals surface area (Å²) in [6, 6.07) is 0. The van der Waals surface area contributed by atoms with E-state index in [2.05, 4.69) is 26.5 Å². The Labute approximate surface area is 78.0 Å². The molecule has 66 valence electrons. The molecule has 0 saturated heterocycles. The predicted molar refractivity (Wildman–Crippen MR) is 46.9 cm³/mol. The molecule has 0 radical (unpaired) electrons. The molecule has 1 aromatic heterocycles. The summed E-state index contributed by atoms with van der Waals surface area (Å²) in [5.74, 6) is 4.71. The molecule has 12 heavy (non-hydrogen) atoms. The molecule has 1 heterocycles. The monoisotopic (exact) mass is 232 g/mol. The second-order valence-electron chi connectivity index (χ2n) is 2.24. The van der Waals surface area contributed by atoms with Crippen LogP contribution in [-0.2, 0) is 11.3 Å². The average Bonchev–Trinajstić information content (AvgIpc) is 2.47. The van der Waals surface area contributed by atoms with Crippen LogP contribution < -0.4 is 11.3 Å². The Morgan fingerprint density at radius 1 is 1.83 bits per heavy atom. The second-order valence-corrected chi connectivity index (χ2v) is 3.15. The molecular weight excluding hydrogens is 224 g/mol. The molecule has 0 aliphatic carbocycles. The summed E-state index contributed by atoms with van der Waals surface area (Å²) < 4.78 is 2.56. The van der Waals surface area contributed by atoms with Gasteiger partial charge in [0.15, 0.2) is 0 Å². The highest BCUT2D eigenvalue weighted by Gasteiger charge is 1.99. The molecule has 0 aliphatic heterocycles. The third-order valence-corrected chi connectivity index (χ3v) is 1.74. The van der Waals surface area contributed by atoms with E-state index in [9.17, 15) is 4.79 Å². The van der Waals surface area contributed by atoms with Gasteiger partial charge >= 0.3 is 0 Å². The number of aryl methyl sites for hydroxylation is 1. The first-order valence-corrected chi connectivity index (χ1v) is 4.19. The van der Waals surface area contributed by atoms with Crippen LogP contribution in [0.5, 0.6) is 0 Å². The van der Waals surface area contributed by atoms with E-state index in [1.54, 1.807) is 17.1 Å². The van der Waals surface area contributed by atoms with E-state index in [4.69, 9.17) is 5.84 Å². The standard InChI is InChI=1S/C6H9BrN4O/c7-5-3-9-11(4-5)2-1-6(12)10-8/h3-4H,1-2,8H2,(H,10,12). The van der Waals surface area contributed by atoms with E-state index in [1.807, 2.05) is 0 Å². The number of nitrogens with zero attached hydrogens (tertiary/aromatic N) is 2. The van der Waals surface area contributed by atoms with Crippen LogP contribution >= 0.6 is 15.9 Å². The number of aromatic nitrogens is 2. The molecule has 0 spiro atoms. The van der Waals surface area contributed by atoms with Gasteiger partial charge in [0.05, 0.1) is 10.7 Å². The van der Waals surface area contributed by atoms with Crippen molar-refractivity contribution in [1.29, 1.82) is 0 Å². The minimum absolute atomic E-state index is 0.193. The molecule has 0 aromatic carbocycles. The highest BCUT2D eigenvalue weighted by Crippen LogP contribution is 2.06. The van der Waals surface area contributed by atoms with Crippen molar-refractivity contribution in [2.75, 3.05) is 0 Å². The topological polar surface area (TPSA) is 72.9 Å². The third-order valence-electron chi connectivity index (χ3n) is 1.33. The summed E-state index contributed by atoms with van der Waals surface area (Å²) in [4.78, 5) is 10.7. The molecule has 0 atom stereocenters. The van der Waals surface area contributed by atoms with Gasteiger partial charge in [-0.05, 0) is 15.9 Å². The van der Waals surface area contributed by atoms with Crippen LogP contribution in [0, 0.1) is 0 Å². The zero-order chi connectivity index (χ0) is 8.97. The van der Waals surface area contributed by atoms with Gasteiger partial charge in [0, 0.05) is 19.2 Å². The van der Waals surface area contributed by atoms with Crippen molar-refractivity contribution in [2.24, 2.45) is 5.84 Å². The molecule has 0 aliphatic rings. The number of carbonyl (C=O) groups excluding carboxylic acids is 1. The molecule has 1 amide bonds. The summed E-state index contributed by atoms with van der Waals surface area (Å²) in [5.41, 5.74) is 2.05. The lowest BCUT2D eigenvalue weighted by Crippen LogP contribution is -2.30. The van der Waals surface area contributed by atoms with Crippen LogP contribution in [0.25, 0.3) is 0 Å². The highest BCUT2D eigenvalue weighted by atomic mass is 79.9. The maximum Gasteiger partial charge on any atom is 0.235 e. The number of hydrogen-bond donors (Lipinski definition) is 2. The Morgan fingerprint density at radius 3 is 3.08 bits per heavy atom. The number of carbonyl (C=O) groups is 1. The van der Waals surface area contributed by atoms with E-state index < -0.39 is 0 Å². The quantitative estimate of drug-likeness (QED) is 0.439. The summed E-state index contributed by atoms with van der Waals surface area (Å²) in [7, 11) is 0. The average molecular weight is 233 g/mol. The van der Waals surface area contributed by atoms with Gasteiger partial charge in [-0.15, -0.1) is 0 Å². The molecular formula is C6H9BrN4O. The first kappa shape index (κ1) is 9.21. The number of halogens is 1. The first-order valence-electron chi connectivity index (χ1n) is 3.40. The fourth-order valence-corrected chi connectivity index (χ4v) is 1.08. The molecule has 0 saturated carbocycles. The van der Waals surface area contributed by atoms with Gasteiger partial charge in [-0.25, -0.2) is 5.84 Å². The van der Waals surface area contributed by atoms with Crippen molar-refractivity contribution >= 4 is 21.8 Å². The van der Waals surface area contributed by atoms with Crippen LogP contribution in [0.15, 0.2) is 16.9 Å². The minimum Gasteiger partial charge on any atom is -0.294 e. The number of hydrogen-bond acceptors (Lipinski definition) is 3. The zero-order valence-electron chi connectivity index (χ0n) is 6.33. The number of amides is 1. The van der Waals surface area contributed by atoms with Gasteiger partial charge in [-0.3, -0.25) is 14.9 Å². The number of hydrazine groups is 1. The van der Waals surface area contributed by atoms with Crippen molar-refractivity contribution in [2.45, 2.75) is 13.0 Å². The Balaban J connectivity index is 2.38. The molecule has 1 rings (SSSR count). The fraction of sp³-hybridized carbons (Fsp3) is 0.333. The van der Waals surface area contributed by atoms with Crippen LogP contribution in [0.1, 0.15) is 6.42 Å². The molecule has 0 fully saturated rings. The fourth-order valence-electron chi connectivity index (χ4n) is 0.749. The van der Waals surface area contributed by atoms with E-state index in [1.165, 1.54) is 0 Å². The van der Waals surface area contributed by atoms with Crippen molar-refractivity contribution < 1.29 is 4.79 Å². The summed E-state index contributed by atoms with van der Waals surface area (Å²) in [6.07, 6.45) is 3.80. The van der Waals surface area contributed by atoms with Crippen LogP contribution in [-0.4, -0.2) is 15.7 Å². The number of rotatable bonds is 3. The van der Waals surface area contributed by atoms with E-state index in [-0.39, 0.29) is 5.91 Å². The molecule has 0 bridgehead atoms. The minimum atomic E-state index is -0.193. The summed E-state index contributed by atoms with van der Waals surface area (Å²) in [6.45, 7) is 0.536. The summed E-state index contributed by atoms with van der Waals surface area (Å²) >= 11 is 3.25. The van der Waals surface area contributed by atoms with E-state index in [0.29, 0.717) is 13.0 Å². The summed E-state index contributed by atoms with van der Waals surface area (Å²) in [5, 5.41) is 3.97. The Morgan fingerprint density at radius 2 is 2.58 bits per heavy atom. The molecule has 0 unspecified atom stereocenters. The maximum atomic E-state index is 10.7. The van der Waals surface area contributed by atoms with Crippen LogP contribution in [0.2, 0.25) is 0 Å².